The first-order valence-electron chi connectivity index (χ1n) is 10.3. The van der Waals surface area contributed by atoms with E-state index >= 15 is 0 Å². The lowest BCUT2D eigenvalue weighted by atomic mass is 10.0. The van der Waals surface area contributed by atoms with Crippen LogP contribution in [0.5, 0.6) is 5.75 Å². The maximum atomic E-state index is 12.5. The monoisotopic (exact) mass is 390 g/mol. The van der Waals surface area contributed by atoms with E-state index in [1.54, 1.807) is 4.90 Å². The summed E-state index contributed by atoms with van der Waals surface area (Å²) >= 11 is 0. The zero-order chi connectivity index (χ0) is 20.1. The van der Waals surface area contributed by atoms with E-state index < -0.39 is 5.60 Å². The van der Waals surface area contributed by atoms with Gasteiger partial charge in [-0.2, -0.15) is 0 Å². The molecular formula is C22H34N2O4. The molecule has 0 aromatic heterocycles. The predicted molar refractivity (Wildman–Crippen MR) is 109 cm³/mol. The smallest absolute Gasteiger partial charge is 0.248 e. The fourth-order valence-corrected chi connectivity index (χ4v) is 4.31. The second-order valence-electron chi connectivity index (χ2n) is 8.42. The molecule has 156 valence electrons. The second kappa shape index (κ2) is 9.25. The number of benzene rings is 1. The fraction of sp³-hybridized carbons (Fsp3) is 0.682. The summed E-state index contributed by atoms with van der Waals surface area (Å²) in [6, 6.07) is 6.45. The van der Waals surface area contributed by atoms with Gasteiger partial charge in [0.25, 0.3) is 0 Å². The van der Waals surface area contributed by atoms with Crippen LogP contribution in [0.25, 0.3) is 0 Å². The Balaban J connectivity index is 1.73. The number of β-amino-alcohol motifs (C(OH)–C–C–N with tert-alkyl or cyclic N) is 1. The van der Waals surface area contributed by atoms with Gasteiger partial charge in [0.05, 0.1) is 6.54 Å². The van der Waals surface area contributed by atoms with E-state index in [2.05, 4.69) is 18.7 Å². The summed E-state index contributed by atoms with van der Waals surface area (Å²) in [4.78, 5) is 16.5. The topological polar surface area (TPSA) is 62.2 Å². The summed E-state index contributed by atoms with van der Waals surface area (Å²) in [6.07, 6.45) is 4.82. The SMILES string of the molecule is COCC(=O)N1CCN(C2CCCC2)C[C@@](O)(COc2ccc(C)c(C)c2)C1. The molecular weight excluding hydrogens is 356 g/mol. The number of methoxy groups -OCH3 is 1. The van der Waals surface area contributed by atoms with Crippen LogP contribution in [-0.2, 0) is 9.53 Å². The largest absolute Gasteiger partial charge is 0.490 e. The standard InChI is InChI=1S/C22H34N2O4/c1-17-8-9-20(12-18(17)2)28-16-22(26)14-23(19-6-4-5-7-19)10-11-24(15-22)21(25)13-27-3/h8-9,12,19,26H,4-7,10-11,13-16H2,1-3H3/t22-/m0/s1. The molecule has 1 heterocycles. The molecule has 0 spiro atoms. The number of hydrogen-bond donors (Lipinski definition) is 1. The highest BCUT2D eigenvalue weighted by atomic mass is 16.5. The lowest BCUT2D eigenvalue weighted by Crippen LogP contribution is -2.53. The van der Waals surface area contributed by atoms with Gasteiger partial charge in [-0.15, -0.1) is 0 Å². The third kappa shape index (κ3) is 5.25. The van der Waals surface area contributed by atoms with Crippen LogP contribution < -0.4 is 4.74 Å². The van der Waals surface area contributed by atoms with Crippen molar-refractivity contribution >= 4 is 5.91 Å². The summed E-state index contributed by atoms with van der Waals surface area (Å²) in [5, 5.41) is 11.5. The number of hydrogen-bond acceptors (Lipinski definition) is 5. The van der Waals surface area contributed by atoms with Gasteiger partial charge in [-0.05, 0) is 49.9 Å². The quantitative estimate of drug-likeness (QED) is 0.806. The Hall–Kier alpha value is -1.63. The van der Waals surface area contributed by atoms with E-state index in [-0.39, 0.29) is 25.7 Å². The average Bonchev–Trinajstić information content (AvgIpc) is 3.14. The van der Waals surface area contributed by atoms with Crippen LogP contribution in [0.1, 0.15) is 36.8 Å². The number of carbonyl (C=O) groups is 1. The van der Waals surface area contributed by atoms with Crippen LogP contribution in [0.2, 0.25) is 0 Å². The zero-order valence-electron chi connectivity index (χ0n) is 17.4. The zero-order valence-corrected chi connectivity index (χ0v) is 17.4. The van der Waals surface area contributed by atoms with Gasteiger partial charge in [-0.25, -0.2) is 0 Å². The van der Waals surface area contributed by atoms with Gasteiger partial charge < -0.3 is 19.5 Å². The minimum atomic E-state index is -1.11. The fourth-order valence-electron chi connectivity index (χ4n) is 4.31. The molecule has 0 radical (unpaired) electrons. The summed E-state index contributed by atoms with van der Waals surface area (Å²) in [5.74, 6) is 0.670. The van der Waals surface area contributed by atoms with Crippen LogP contribution in [-0.4, -0.2) is 79.0 Å². The Bertz CT molecular complexity index is 675. The van der Waals surface area contributed by atoms with Gasteiger partial charge >= 0.3 is 0 Å². The molecule has 1 saturated carbocycles. The molecule has 28 heavy (non-hydrogen) atoms. The average molecular weight is 391 g/mol. The lowest BCUT2D eigenvalue weighted by molar-refractivity contribution is -0.138. The van der Waals surface area contributed by atoms with E-state index in [1.165, 1.54) is 38.4 Å². The number of ether oxygens (including phenoxy) is 2. The minimum Gasteiger partial charge on any atom is -0.490 e. The molecule has 1 aromatic rings. The van der Waals surface area contributed by atoms with Gasteiger partial charge in [-0.3, -0.25) is 9.69 Å². The van der Waals surface area contributed by atoms with Crippen LogP contribution in [0.4, 0.5) is 0 Å². The maximum absolute atomic E-state index is 12.5. The summed E-state index contributed by atoms with van der Waals surface area (Å²) < 4.78 is 11.0. The van der Waals surface area contributed by atoms with E-state index in [9.17, 15) is 9.90 Å². The number of nitrogens with zero attached hydrogens (tertiary/aromatic N) is 2. The molecule has 6 heteroatoms. The predicted octanol–water partition coefficient (Wildman–Crippen LogP) is 2.15. The molecule has 6 nitrogen and oxygen atoms in total. The second-order valence-corrected chi connectivity index (χ2v) is 8.42. The van der Waals surface area contributed by atoms with Gasteiger partial charge in [0.2, 0.25) is 5.91 Å². The Morgan fingerprint density at radius 2 is 1.93 bits per heavy atom. The number of amides is 1. The first-order chi connectivity index (χ1) is 13.4. The molecule has 2 aliphatic rings. The van der Waals surface area contributed by atoms with Gasteiger partial charge in [-0.1, -0.05) is 18.9 Å². The third-order valence-corrected chi connectivity index (χ3v) is 6.09. The van der Waals surface area contributed by atoms with Crippen LogP contribution in [0.15, 0.2) is 18.2 Å². The van der Waals surface area contributed by atoms with E-state index in [1.807, 2.05) is 18.2 Å². The number of aliphatic hydroxyl groups is 1. The van der Waals surface area contributed by atoms with Crippen molar-refractivity contribution in [2.45, 2.75) is 51.2 Å². The lowest BCUT2D eigenvalue weighted by Gasteiger charge is -2.35. The van der Waals surface area contributed by atoms with Crippen molar-refractivity contribution in [2.75, 3.05) is 46.5 Å². The highest BCUT2D eigenvalue weighted by molar-refractivity contribution is 5.77. The Morgan fingerprint density at radius 1 is 1.18 bits per heavy atom. The van der Waals surface area contributed by atoms with Crippen molar-refractivity contribution in [3.05, 3.63) is 29.3 Å². The molecule has 1 aliphatic carbocycles. The molecule has 1 aliphatic heterocycles. The molecule has 1 amide bonds. The highest BCUT2D eigenvalue weighted by Crippen LogP contribution is 2.27. The number of aryl methyl sites for hydroxylation is 2. The summed E-state index contributed by atoms with van der Waals surface area (Å²) in [7, 11) is 1.52. The van der Waals surface area contributed by atoms with Crippen molar-refractivity contribution in [1.82, 2.24) is 9.80 Å². The number of rotatable bonds is 6. The molecule has 1 atom stereocenters. The Morgan fingerprint density at radius 3 is 2.61 bits per heavy atom. The van der Waals surface area contributed by atoms with E-state index in [4.69, 9.17) is 9.47 Å². The molecule has 0 unspecified atom stereocenters. The minimum absolute atomic E-state index is 0.0392. The Kier molecular flexibility index (Phi) is 6.96. The summed E-state index contributed by atoms with van der Waals surface area (Å²) in [5.41, 5.74) is 1.26. The normalized spacial score (nSPS) is 24.4. The third-order valence-electron chi connectivity index (χ3n) is 6.09. The van der Waals surface area contributed by atoms with Crippen molar-refractivity contribution in [2.24, 2.45) is 0 Å². The number of carbonyl (C=O) groups excluding carboxylic acids is 1. The molecule has 1 N–H and O–H groups in total. The molecule has 0 bridgehead atoms. The molecule has 1 aromatic carbocycles. The van der Waals surface area contributed by atoms with E-state index in [0.717, 1.165) is 17.9 Å². The van der Waals surface area contributed by atoms with Crippen molar-refractivity contribution in [3.8, 4) is 5.75 Å². The van der Waals surface area contributed by atoms with Crippen LogP contribution >= 0.6 is 0 Å². The molecule has 3 rings (SSSR count). The molecule has 1 saturated heterocycles. The van der Waals surface area contributed by atoms with Gasteiger partial charge in [0.15, 0.2) is 0 Å². The Labute approximate surface area is 168 Å². The van der Waals surface area contributed by atoms with Crippen molar-refractivity contribution in [3.63, 3.8) is 0 Å². The summed E-state index contributed by atoms with van der Waals surface area (Å²) in [6.45, 7) is 6.51. The van der Waals surface area contributed by atoms with Crippen LogP contribution in [0.3, 0.4) is 0 Å². The maximum Gasteiger partial charge on any atom is 0.248 e. The van der Waals surface area contributed by atoms with Crippen LogP contribution in [0, 0.1) is 13.8 Å². The van der Waals surface area contributed by atoms with Gasteiger partial charge in [0, 0.05) is 32.8 Å². The van der Waals surface area contributed by atoms with E-state index in [0.29, 0.717) is 19.1 Å². The first kappa shape index (κ1) is 21.1. The molecule has 2 fully saturated rings. The van der Waals surface area contributed by atoms with Gasteiger partial charge in [0.1, 0.15) is 24.6 Å². The first-order valence-corrected chi connectivity index (χ1v) is 10.3. The highest BCUT2D eigenvalue weighted by Gasteiger charge is 2.39. The van der Waals surface area contributed by atoms with Crippen molar-refractivity contribution < 1.29 is 19.4 Å². The van der Waals surface area contributed by atoms with Crippen molar-refractivity contribution in [1.29, 1.82) is 0 Å².